The van der Waals surface area contributed by atoms with Gasteiger partial charge in [0, 0.05) is 22.7 Å². The van der Waals surface area contributed by atoms with Crippen molar-refractivity contribution in [2.45, 2.75) is 4.90 Å². The second-order valence-electron chi connectivity index (χ2n) is 7.07. The van der Waals surface area contributed by atoms with Crippen LogP contribution in [0.2, 0.25) is 0 Å². The van der Waals surface area contributed by atoms with Crippen LogP contribution in [0.5, 0.6) is 0 Å². The van der Waals surface area contributed by atoms with Crippen LogP contribution in [0.3, 0.4) is 0 Å². The van der Waals surface area contributed by atoms with Gasteiger partial charge in [-0.05, 0) is 47.2 Å². The smallest absolute Gasteiger partial charge is 0.349 e. The molecule has 5 aromatic rings. The summed E-state index contributed by atoms with van der Waals surface area (Å²) in [6, 6.07) is 18.2. The Morgan fingerprint density at radius 2 is 1.76 bits per heavy atom. The van der Waals surface area contributed by atoms with Crippen LogP contribution in [0.25, 0.3) is 21.7 Å². The van der Waals surface area contributed by atoms with E-state index in [9.17, 15) is 18.0 Å². The number of rotatable bonds is 5. The van der Waals surface area contributed by atoms with Crippen LogP contribution >= 0.6 is 11.3 Å². The van der Waals surface area contributed by atoms with Crippen LogP contribution in [0.4, 0.5) is 10.8 Å². The lowest BCUT2D eigenvalue weighted by molar-refractivity contribution is 0.102. The van der Waals surface area contributed by atoms with E-state index < -0.39 is 21.6 Å². The summed E-state index contributed by atoms with van der Waals surface area (Å²) in [6.45, 7) is 0. The van der Waals surface area contributed by atoms with Crippen molar-refractivity contribution in [1.29, 1.82) is 0 Å². The monoisotopic (exact) mass is 477 g/mol. The Morgan fingerprint density at radius 3 is 2.52 bits per heavy atom. The number of carbonyl (C=O) groups excluding carboxylic acids is 1. The van der Waals surface area contributed by atoms with Gasteiger partial charge in [0.1, 0.15) is 11.1 Å². The molecule has 5 rings (SSSR count). The molecule has 0 saturated heterocycles. The fourth-order valence-corrected chi connectivity index (χ4v) is 5.18. The lowest BCUT2D eigenvalue weighted by Gasteiger charge is -2.08. The standard InChI is InChI=1S/C23H15N3O5S2/c27-21(19-13-18-17-4-2-1-3-14(17)5-10-20(18)31-22(19)28)25-15-6-8-16(9-7-15)33(29,30)26-23-24-11-12-32-23/h1-13H,(H,24,26)(H,25,27). The Balaban J connectivity index is 1.42. The summed E-state index contributed by atoms with van der Waals surface area (Å²) >= 11 is 1.16. The zero-order chi connectivity index (χ0) is 23.0. The lowest BCUT2D eigenvalue weighted by Crippen LogP contribution is -2.20. The van der Waals surface area contributed by atoms with Crippen LogP contribution in [-0.4, -0.2) is 19.3 Å². The number of benzene rings is 3. The number of fused-ring (bicyclic) bond motifs is 3. The molecule has 0 atom stereocenters. The van der Waals surface area contributed by atoms with Crippen LogP contribution in [0, 0.1) is 0 Å². The second kappa shape index (κ2) is 8.15. The van der Waals surface area contributed by atoms with Gasteiger partial charge in [-0.2, -0.15) is 0 Å². The van der Waals surface area contributed by atoms with Gasteiger partial charge in [-0.1, -0.05) is 30.3 Å². The zero-order valence-electron chi connectivity index (χ0n) is 16.8. The molecule has 2 aromatic heterocycles. The highest BCUT2D eigenvalue weighted by Gasteiger charge is 2.18. The van der Waals surface area contributed by atoms with Crippen molar-refractivity contribution in [2.24, 2.45) is 0 Å². The molecule has 0 bridgehead atoms. The molecule has 0 spiro atoms. The highest BCUT2D eigenvalue weighted by atomic mass is 32.2. The molecule has 0 aliphatic carbocycles. The fraction of sp³-hybridized carbons (Fsp3) is 0. The lowest BCUT2D eigenvalue weighted by atomic mass is 10.0. The average Bonchev–Trinajstić information content (AvgIpc) is 3.31. The molecular formula is C23H15N3O5S2. The molecule has 164 valence electrons. The minimum absolute atomic E-state index is 0.00684. The van der Waals surface area contributed by atoms with E-state index in [-0.39, 0.29) is 15.6 Å². The van der Waals surface area contributed by atoms with Gasteiger partial charge in [-0.25, -0.2) is 18.2 Å². The summed E-state index contributed by atoms with van der Waals surface area (Å²) in [4.78, 5) is 29.1. The van der Waals surface area contributed by atoms with Crippen molar-refractivity contribution in [3.8, 4) is 0 Å². The van der Waals surface area contributed by atoms with Crippen molar-refractivity contribution in [1.82, 2.24) is 4.98 Å². The van der Waals surface area contributed by atoms with Crippen LogP contribution < -0.4 is 15.7 Å². The van der Waals surface area contributed by atoms with Crippen LogP contribution in [-0.2, 0) is 10.0 Å². The molecule has 33 heavy (non-hydrogen) atoms. The van der Waals surface area contributed by atoms with Crippen molar-refractivity contribution in [3.05, 3.63) is 94.3 Å². The zero-order valence-corrected chi connectivity index (χ0v) is 18.4. The molecule has 2 N–H and O–H groups in total. The van der Waals surface area contributed by atoms with Crippen molar-refractivity contribution < 1.29 is 17.6 Å². The summed E-state index contributed by atoms with van der Waals surface area (Å²) in [5, 5.41) is 6.97. The van der Waals surface area contributed by atoms with Gasteiger partial charge in [0.2, 0.25) is 0 Å². The number of thiazole rings is 1. The first-order chi connectivity index (χ1) is 15.9. The van der Waals surface area contributed by atoms with E-state index in [1.165, 1.54) is 36.5 Å². The first kappa shape index (κ1) is 20.9. The number of aromatic nitrogens is 1. The molecule has 10 heteroatoms. The fourth-order valence-electron chi connectivity index (χ4n) is 3.39. The Kier molecular flexibility index (Phi) is 5.15. The van der Waals surface area contributed by atoms with Gasteiger partial charge in [-0.15, -0.1) is 11.3 Å². The van der Waals surface area contributed by atoms with Gasteiger partial charge in [0.15, 0.2) is 5.13 Å². The highest BCUT2D eigenvalue weighted by Crippen LogP contribution is 2.25. The van der Waals surface area contributed by atoms with E-state index >= 15 is 0 Å². The van der Waals surface area contributed by atoms with Crippen molar-refractivity contribution in [2.75, 3.05) is 10.0 Å². The number of hydrogen-bond acceptors (Lipinski definition) is 7. The first-order valence-electron chi connectivity index (χ1n) is 9.70. The highest BCUT2D eigenvalue weighted by molar-refractivity contribution is 7.93. The number of nitrogens with one attached hydrogen (secondary N) is 2. The second-order valence-corrected chi connectivity index (χ2v) is 9.64. The maximum Gasteiger partial charge on any atom is 0.349 e. The number of carbonyl (C=O) groups is 1. The third-order valence-corrected chi connectivity index (χ3v) is 7.14. The molecular weight excluding hydrogens is 462 g/mol. The van der Waals surface area contributed by atoms with E-state index in [1.807, 2.05) is 30.3 Å². The van der Waals surface area contributed by atoms with Gasteiger partial charge in [0.25, 0.3) is 15.9 Å². The largest absolute Gasteiger partial charge is 0.422 e. The van der Waals surface area contributed by atoms with E-state index in [4.69, 9.17) is 4.42 Å². The molecule has 1 amide bonds. The number of anilines is 2. The normalized spacial score (nSPS) is 11.5. The summed E-state index contributed by atoms with van der Waals surface area (Å²) in [5.74, 6) is -0.657. The quantitative estimate of drug-likeness (QED) is 0.285. The number of amides is 1. The molecule has 0 aliphatic heterocycles. The first-order valence-corrected chi connectivity index (χ1v) is 12.1. The number of hydrogen-bond donors (Lipinski definition) is 2. The molecule has 0 aliphatic rings. The number of sulfonamides is 1. The molecule has 0 saturated carbocycles. The maximum absolute atomic E-state index is 12.8. The van der Waals surface area contributed by atoms with E-state index in [0.29, 0.717) is 16.7 Å². The molecule has 2 heterocycles. The predicted molar refractivity (Wildman–Crippen MR) is 127 cm³/mol. The Labute approximate surface area is 191 Å². The maximum atomic E-state index is 12.8. The van der Waals surface area contributed by atoms with E-state index in [2.05, 4.69) is 15.0 Å². The minimum atomic E-state index is -3.81. The topological polar surface area (TPSA) is 118 Å². The number of nitrogens with zero attached hydrogens (tertiary/aromatic N) is 1. The van der Waals surface area contributed by atoms with Crippen molar-refractivity contribution >= 4 is 59.8 Å². The third kappa shape index (κ3) is 4.09. The Bertz CT molecular complexity index is 1660. The molecule has 0 unspecified atom stereocenters. The Hall–Kier alpha value is -4.02. The minimum Gasteiger partial charge on any atom is -0.422 e. The van der Waals surface area contributed by atoms with Gasteiger partial charge in [-0.3, -0.25) is 9.52 Å². The molecule has 8 nitrogen and oxygen atoms in total. The van der Waals surface area contributed by atoms with Crippen LogP contribution in [0.15, 0.2) is 92.4 Å². The average molecular weight is 478 g/mol. The van der Waals surface area contributed by atoms with Crippen LogP contribution in [0.1, 0.15) is 10.4 Å². The summed E-state index contributed by atoms with van der Waals surface area (Å²) in [5.41, 5.74) is -0.203. The Morgan fingerprint density at radius 1 is 0.970 bits per heavy atom. The summed E-state index contributed by atoms with van der Waals surface area (Å²) < 4.78 is 32.6. The summed E-state index contributed by atoms with van der Waals surface area (Å²) in [7, 11) is -3.81. The van der Waals surface area contributed by atoms with E-state index in [0.717, 1.165) is 22.1 Å². The molecule has 0 radical (unpaired) electrons. The SMILES string of the molecule is O=C(Nc1ccc(S(=O)(=O)Nc2nccs2)cc1)c1cc2c(ccc3ccccc32)oc1=O. The van der Waals surface area contributed by atoms with Gasteiger partial charge >= 0.3 is 5.63 Å². The van der Waals surface area contributed by atoms with E-state index in [1.54, 1.807) is 11.4 Å². The summed E-state index contributed by atoms with van der Waals surface area (Å²) in [6.07, 6.45) is 1.49. The van der Waals surface area contributed by atoms with Crippen molar-refractivity contribution in [3.63, 3.8) is 0 Å². The molecule has 0 fully saturated rings. The molecule has 3 aromatic carbocycles. The van der Waals surface area contributed by atoms with Gasteiger partial charge in [0.05, 0.1) is 4.90 Å². The third-order valence-electron chi connectivity index (χ3n) is 4.96. The van der Waals surface area contributed by atoms with Gasteiger partial charge < -0.3 is 9.73 Å². The predicted octanol–water partition coefficient (Wildman–Crippen LogP) is 4.46.